The van der Waals surface area contributed by atoms with E-state index in [1.165, 1.54) is 12.3 Å². The lowest BCUT2D eigenvalue weighted by Gasteiger charge is -2.10. The van der Waals surface area contributed by atoms with Gasteiger partial charge in [0, 0.05) is 11.1 Å². The Bertz CT molecular complexity index is 822. The number of benzene rings is 2. The molecule has 0 aliphatic rings. The van der Waals surface area contributed by atoms with E-state index in [-0.39, 0.29) is 5.91 Å². The van der Waals surface area contributed by atoms with Gasteiger partial charge in [-0.05, 0) is 51.3 Å². The molecule has 25 heavy (non-hydrogen) atoms. The lowest BCUT2D eigenvalue weighted by Crippen LogP contribution is -2.14. The molecule has 0 aliphatic carbocycles. The Morgan fingerprint density at radius 3 is 2.68 bits per heavy atom. The summed E-state index contributed by atoms with van der Waals surface area (Å²) in [5.74, 6) is 0.783. The topological polar surface area (TPSA) is 59.9 Å². The smallest absolute Gasteiger partial charge is 0.264 e. The van der Waals surface area contributed by atoms with Gasteiger partial charge in [-0.25, -0.2) is 5.43 Å². The number of hydrogen-bond donors (Lipinski definition) is 1. The fourth-order valence-corrected chi connectivity index (χ4v) is 2.82. The summed E-state index contributed by atoms with van der Waals surface area (Å²) in [6.07, 6.45) is 4.50. The Morgan fingerprint density at radius 1 is 1.24 bits per heavy atom. The van der Waals surface area contributed by atoms with Crippen LogP contribution in [0.15, 0.2) is 52.0 Å². The molecule has 7 heteroatoms. The van der Waals surface area contributed by atoms with Crippen LogP contribution in [0.1, 0.15) is 11.1 Å². The molecule has 0 fully saturated rings. The van der Waals surface area contributed by atoms with Crippen LogP contribution >= 0.6 is 27.5 Å². The highest BCUT2D eigenvalue weighted by molar-refractivity contribution is 9.10. The van der Waals surface area contributed by atoms with Crippen LogP contribution in [0.2, 0.25) is 5.02 Å². The highest BCUT2D eigenvalue weighted by Gasteiger charge is 2.09. The summed E-state index contributed by atoms with van der Waals surface area (Å²) >= 11 is 9.42. The summed E-state index contributed by atoms with van der Waals surface area (Å²) in [5, 5.41) is 4.50. The first-order valence-corrected chi connectivity index (χ1v) is 8.39. The number of nitrogens with zero attached hydrogens (tertiary/aromatic N) is 1. The van der Waals surface area contributed by atoms with Gasteiger partial charge in [0.25, 0.3) is 5.91 Å². The predicted molar refractivity (Wildman–Crippen MR) is 103 cm³/mol. The van der Waals surface area contributed by atoms with Crippen LogP contribution in [0.5, 0.6) is 11.5 Å². The van der Waals surface area contributed by atoms with Gasteiger partial charge in [-0.15, -0.1) is 0 Å². The molecule has 0 saturated carbocycles. The van der Waals surface area contributed by atoms with Crippen LogP contribution in [-0.2, 0) is 4.79 Å². The Balaban J connectivity index is 2.02. The lowest BCUT2D eigenvalue weighted by molar-refractivity contribution is -0.116. The van der Waals surface area contributed by atoms with Crippen molar-refractivity contribution in [3.05, 3.63) is 63.1 Å². The summed E-state index contributed by atoms with van der Waals surface area (Å²) < 4.78 is 11.2. The number of carbonyl (C=O) groups is 1. The fourth-order valence-electron chi connectivity index (χ4n) is 2.00. The molecule has 0 unspecified atom stereocenters. The maximum absolute atomic E-state index is 11.8. The third-order valence-electron chi connectivity index (χ3n) is 3.16. The zero-order valence-corrected chi connectivity index (χ0v) is 16.0. The normalized spacial score (nSPS) is 11.0. The van der Waals surface area contributed by atoms with E-state index < -0.39 is 0 Å². The van der Waals surface area contributed by atoms with Crippen LogP contribution < -0.4 is 14.9 Å². The Hall–Kier alpha value is -2.31. The average Bonchev–Trinajstić information content (AvgIpc) is 2.60. The third-order valence-corrected chi connectivity index (χ3v) is 4.10. The molecule has 0 bridgehead atoms. The van der Waals surface area contributed by atoms with Crippen molar-refractivity contribution in [1.29, 1.82) is 0 Å². The van der Waals surface area contributed by atoms with Crippen molar-refractivity contribution in [1.82, 2.24) is 5.43 Å². The van der Waals surface area contributed by atoms with Gasteiger partial charge in [0.05, 0.1) is 24.9 Å². The van der Waals surface area contributed by atoms with Gasteiger partial charge in [0.1, 0.15) is 0 Å². The van der Waals surface area contributed by atoms with E-state index in [1.54, 1.807) is 38.5 Å². The Morgan fingerprint density at radius 2 is 2.00 bits per heavy atom. The van der Waals surface area contributed by atoms with E-state index in [0.717, 1.165) is 15.6 Å². The second-order valence-corrected chi connectivity index (χ2v) is 6.09. The maximum atomic E-state index is 11.8. The second-order valence-electron chi connectivity index (χ2n) is 4.83. The van der Waals surface area contributed by atoms with Crippen molar-refractivity contribution in [2.45, 2.75) is 0 Å². The molecule has 2 aromatic rings. The summed E-state index contributed by atoms with van der Waals surface area (Å²) in [6, 6.07) is 10.8. The van der Waals surface area contributed by atoms with Gasteiger partial charge in [0.15, 0.2) is 11.5 Å². The molecule has 5 nitrogen and oxygen atoms in total. The Kier molecular flexibility index (Phi) is 7.03. The minimum atomic E-state index is -0.365. The first-order chi connectivity index (χ1) is 12.0. The molecule has 0 atom stereocenters. The van der Waals surface area contributed by atoms with Crippen LogP contribution in [0.4, 0.5) is 0 Å². The molecule has 0 saturated heterocycles. The number of hydrazone groups is 1. The molecule has 1 amide bonds. The number of halogens is 2. The molecule has 130 valence electrons. The van der Waals surface area contributed by atoms with Crippen molar-refractivity contribution in [3.8, 4) is 11.5 Å². The SMILES string of the molecule is COc1cc(/C=N\NC(=O)/C=C/c2ccccc2Cl)cc(Br)c1OC. The maximum Gasteiger partial charge on any atom is 0.264 e. The monoisotopic (exact) mass is 422 g/mol. The van der Waals surface area contributed by atoms with Crippen LogP contribution in [-0.4, -0.2) is 26.3 Å². The van der Waals surface area contributed by atoms with E-state index in [0.29, 0.717) is 16.5 Å². The fraction of sp³-hybridized carbons (Fsp3) is 0.111. The van der Waals surface area contributed by atoms with E-state index in [9.17, 15) is 4.79 Å². The zero-order chi connectivity index (χ0) is 18.2. The number of ether oxygens (including phenoxy) is 2. The predicted octanol–water partition coefficient (Wildman–Crippen LogP) is 4.28. The Labute approximate surface area is 159 Å². The summed E-state index contributed by atoms with van der Waals surface area (Å²) in [6.45, 7) is 0. The van der Waals surface area contributed by atoms with Crippen LogP contribution in [0, 0.1) is 0 Å². The number of nitrogens with one attached hydrogen (secondary N) is 1. The molecular formula is C18H16BrClN2O3. The average molecular weight is 424 g/mol. The zero-order valence-electron chi connectivity index (χ0n) is 13.6. The van der Waals surface area contributed by atoms with E-state index in [1.807, 2.05) is 18.2 Å². The molecule has 2 rings (SSSR count). The molecular weight excluding hydrogens is 408 g/mol. The first-order valence-electron chi connectivity index (χ1n) is 7.22. The summed E-state index contributed by atoms with van der Waals surface area (Å²) in [5.41, 5.74) is 3.91. The lowest BCUT2D eigenvalue weighted by atomic mass is 10.2. The van der Waals surface area contributed by atoms with Crippen molar-refractivity contribution in [2.24, 2.45) is 5.10 Å². The second kappa shape index (κ2) is 9.25. The molecule has 0 aromatic heterocycles. The van der Waals surface area contributed by atoms with Crippen LogP contribution in [0.25, 0.3) is 6.08 Å². The van der Waals surface area contributed by atoms with Crippen molar-refractivity contribution >= 4 is 45.7 Å². The molecule has 1 N–H and O–H groups in total. The van der Waals surface area contributed by atoms with Gasteiger partial charge in [-0.3, -0.25) is 4.79 Å². The van der Waals surface area contributed by atoms with Gasteiger partial charge >= 0.3 is 0 Å². The van der Waals surface area contributed by atoms with Gasteiger partial charge in [-0.2, -0.15) is 5.10 Å². The highest BCUT2D eigenvalue weighted by Crippen LogP contribution is 2.35. The number of hydrogen-bond acceptors (Lipinski definition) is 4. The van der Waals surface area contributed by atoms with Gasteiger partial charge in [0.2, 0.25) is 0 Å². The van der Waals surface area contributed by atoms with Crippen molar-refractivity contribution in [3.63, 3.8) is 0 Å². The van der Waals surface area contributed by atoms with E-state index >= 15 is 0 Å². The van der Waals surface area contributed by atoms with E-state index in [2.05, 4.69) is 26.5 Å². The molecule has 0 radical (unpaired) electrons. The summed E-state index contributed by atoms with van der Waals surface area (Å²) in [7, 11) is 3.11. The quantitative estimate of drug-likeness (QED) is 0.428. The van der Waals surface area contributed by atoms with Crippen LogP contribution in [0.3, 0.4) is 0 Å². The molecule has 0 aliphatic heterocycles. The molecule has 2 aromatic carbocycles. The first kappa shape index (κ1) is 19.0. The van der Waals surface area contributed by atoms with Crippen molar-refractivity contribution in [2.75, 3.05) is 14.2 Å². The number of rotatable bonds is 6. The minimum Gasteiger partial charge on any atom is -0.493 e. The van der Waals surface area contributed by atoms with Gasteiger partial charge < -0.3 is 9.47 Å². The molecule has 0 heterocycles. The minimum absolute atomic E-state index is 0.365. The largest absolute Gasteiger partial charge is 0.493 e. The molecule has 0 spiro atoms. The number of carbonyl (C=O) groups excluding carboxylic acids is 1. The number of amides is 1. The summed E-state index contributed by atoms with van der Waals surface area (Å²) in [4.78, 5) is 11.8. The van der Waals surface area contributed by atoms with E-state index in [4.69, 9.17) is 21.1 Å². The third kappa shape index (κ3) is 5.34. The standard InChI is InChI=1S/C18H16BrClN2O3/c1-24-16-10-12(9-14(19)18(16)25-2)11-21-22-17(23)8-7-13-5-3-4-6-15(13)20/h3-11H,1-2H3,(H,22,23)/b8-7+,21-11-. The van der Waals surface area contributed by atoms with Gasteiger partial charge in [-0.1, -0.05) is 29.8 Å². The van der Waals surface area contributed by atoms with Crippen molar-refractivity contribution < 1.29 is 14.3 Å². The highest BCUT2D eigenvalue weighted by atomic mass is 79.9. The number of methoxy groups -OCH3 is 2.